The summed E-state index contributed by atoms with van der Waals surface area (Å²) in [4.78, 5) is 88.5. The summed E-state index contributed by atoms with van der Waals surface area (Å²) in [7, 11) is 0. The van der Waals surface area contributed by atoms with Gasteiger partial charge in [0.2, 0.25) is 23.6 Å². The van der Waals surface area contributed by atoms with Gasteiger partial charge in [-0.2, -0.15) is 11.8 Å². The number of fused-ring (bicyclic) bond motifs is 3. The minimum absolute atomic E-state index is 0.00975. The van der Waals surface area contributed by atoms with E-state index in [1.54, 1.807) is 38.3 Å². The van der Waals surface area contributed by atoms with Gasteiger partial charge in [-0.3, -0.25) is 24.0 Å². The van der Waals surface area contributed by atoms with E-state index in [1.165, 1.54) is 40.6 Å². The van der Waals surface area contributed by atoms with Crippen LogP contribution in [0.2, 0.25) is 0 Å². The van der Waals surface area contributed by atoms with Crippen molar-refractivity contribution >= 4 is 70.5 Å². The SMILES string of the molecule is CCC1CC(C(=O)NC(C(C)Cl)C2O[C@H](SC)C(O)[C@H](O)[C@H]2O)CN(CCNC(=O)CCSC2CCN3C(=O)c4coc(n4)CC(=O)C[C@H](O)/C=C(C)/C=C/CNC(=O)/C=C/[C@@H](C)[C@@H](CC)OC(=O)C23)C1. The lowest BCUT2D eigenvalue weighted by Crippen LogP contribution is -2.65. The number of piperidine rings is 1. The van der Waals surface area contributed by atoms with Crippen LogP contribution in [0.5, 0.6) is 0 Å². The normalized spacial score (nSPS) is 33.4. The van der Waals surface area contributed by atoms with Crippen molar-refractivity contribution in [2.75, 3.05) is 51.3 Å². The van der Waals surface area contributed by atoms with Gasteiger partial charge in [0.25, 0.3) is 5.91 Å². The fourth-order valence-electron chi connectivity index (χ4n) is 9.40. The third kappa shape index (κ3) is 16.6. The van der Waals surface area contributed by atoms with Crippen LogP contribution in [0.25, 0.3) is 0 Å². The summed E-state index contributed by atoms with van der Waals surface area (Å²) < 4.78 is 17.5. The first-order valence-electron chi connectivity index (χ1n) is 24.6. The Kier molecular flexibility index (Phi) is 22.9. The van der Waals surface area contributed by atoms with Gasteiger partial charge in [0.05, 0.1) is 29.9 Å². The Morgan fingerprint density at radius 1 is 1.06 bits per heavy atom. The molecule has 7 N–H and O–H groups in total. The number of aliphatic hydroxyl groups is 4. The molecule has 8 unspecified atom stereocenters. The van der Waals surface area contributed by atoms with E-state index in [1.807, 2.05) is 13.8 Å². The molecule has 71 heavy (non-hydrogen) atoms. The lowest BCUT2D eigenvalue weighted by Gasteiger charge is -2.44. The number of aliphatic hydroxyl groups excluding tert-OH is 4. The van der Waals surface area contributed by atoms with Gasteiger partial charge in [0, 0.05) is 69.0 Å². The molecule has 3 fully saturated rings. The summed E-state index contributed by atoms with van der Waals surface area (Å²) in [6, 6.07) is -1.90. The Morgan fingerprint density at radius 2 is 1.82 bits per heavy atom. The molecule has 0 aromatic carbocycles. The van der Waals surface area contributed by atoms with Gasteiger partial charge in [0.15, 0.2) is 5.69 Å². The number of cyclic esters (lactones) is 1. The molecule has 4 amide bonds. The second-order valence-electron chi connectivity index (χ2n) is 18.9. The topological polar surface area (TPSA) is 270 Å². The van der Waals surface area contributed by atoms with Crippen molar-refractivity contribution in [2.24, 2.45) is 17.8 Å². The number of ether oxygens (including phenoxy) is 2. The molecule has 3 saturated heterocycles. The smallest absolute Gasteiger partial charge is 0.330 e. The second kappa shape index (κ2) is 28.0. The Hall–Kier alpha value is -3.80. The largest absolute Gasteiger partial charge is 0.460 e. The van der Waals surface area contributed by atoms with Gasteiger partial charge in [-0.15, -0.1) is 23.4 Å². The Morgan fingerprint density at radius 3 is 2.52 bits per heavy atom. The van der Waals surface area contributed by atoms with E-state index in [0.717, 1.165) is 19.2 Å². The van der Waals surface area contributed by atoms with Crippen LogP contribution in [0.4, 0.5) is 0 Å². The van der Waals surface area contributed by atoms with Crippen LogP contribution in [-0.2, 0) is 39.9 Å². The highest BCUT2D eigenvalue weighted by atomic mass is 35.5. The average molecular weight is 1050 g/mol. The number of Topliss-reactive ketones (excluding diaryl/α,β-unsaturated/α-hetero) is 1. The molecule has 14 atom stereocenters. The number of carbonyl (C=O) groups is 6. The van der Waals surface area contributed by atoms with Crippen LogP contribution in [0.3, 0.4) is 0 Å². The van der Waals surface area contributed by atoms with Crippen molar-refractivity contribution in [1.29, 1.82) is 0 Å². The van der Waals surface area contributed by atoms with E-state index in [0.29, 0.717) is 50.2 Å². The van der Waals surface area contributed by atoms with Crippen LogP contribution < -0.4 is 16.0 Å². The number of nitrogens with zero attached hydrogens (tertiary/aromatic N) is 3. The molecule has 396 valence electrons. The zero-order chi connectivity index (χ0) is 51.9. The highest BCUT2D eigenvalue weighted by Crippen LogP contribution is 2.34. The van der Waals surface area contributed by atoms with Gasteiger partial charge in [-0.25, -0.2) is 9.78 Å². The van der Waals surface area contributed by atoms with E-state index < -0.39 is 82.6 Å². The molecule has 1 aromatic rings. The summed E-state index contributed by atoms with van der Waals surface area (Å²) in [5.74, 6) is -2.68. The van der Waals surface area contributed by atoms with E-state index in [2.05, 4.69) is 32.8 Å². The Bertz CT molecular complexity index is 2070. The number of hydrogen-bond donors (Lipinski definition) is 7. The first-order chi connectivity index (χ1) is 33.8. The Labute approximate surface area is 429 Å². The fourth-order valence-corrected chi connectivity index (χ4v) is 11.6. The molecule has 0 saturated carbocycles. The first kappa shape index (κ1) is 58.1. The number of aromatic nitrogens is 1. The molecule has 19 nitrogen and oxygen atoms in total. The van der Waals surface area contributed by atoms with E-state index >= 15 is 0 Å². The molecule has 0 radical (unpaired) electrons. The number of likely N-dealkylation sites (tertiary alicyclic amines) is 1. The van der Waals surface area contributed by atoms with Gasteiger partial charge in [-0.05, 0) is 51.4 Å². The zero-order valence-corrected chi connectivity index (χ0v) is 43.8. The van der Waals surface area contributed by atoms with Gasteiger partial charge in [0.1, 0.15) is 54.0 Å². The predicted octanol–water partition coefficient (Wildman–Crippen LogP) is 2.14. The van der Waals surface area contributed by atoms with Crippen LogP contribution in [0.1, 0.15) is 89.5 Å². The minimum atomic E-state index is -1.48. The van der Waals surface area contributed by atoms with Crippen molar-refractivity contribution in [1.82, 2.24) is 30.7 Å². The van der Waals surface area contributed by atoms with E-state index in [4.69, 9.17) is 25.5 Å². The quantitative estimate of drug-likeness (QED) is 0.104. The third-order valence-electron chi connectivity index (χ3n) is 13.4. The van der Waals surface area contributed by atoms with E-state index in [-0.39, 0.29) is 79.3 Å². The maximum absolute atomic E-state index is 14.2. The molecule has 1 aromatic heterocycles. The molecule has 4 aliphatic heterocycles. The van der Waals surface area contributed by atoms with Gasteiger partial charge < -0.3 is 60.1 Å². The molecular formula is C49H73ClN6O13S2. The van der Waals surface area contributed by atoms with Crippen molar-refractivity contribution < 1.29 is 63.1 Å². The van der Waals surface area contributed by atoms with Crippen LogP contribution in [0.15, 0.2) is 46.6 Å². The summed E-state index contributed by atoms with van der Waals surface area (Å²) >= 11 is 9.09. The Balaban J connectivity index is 1.19. The summed E-state index contributed by atoms with van der Waals surface area (Å²) in [6.45, 7) is 11.5. The predicted molar refractivity (Wildman–Crippen MR) is 269 cm³/mol. The molecular weight excluding hydrogens is 980 g/mol. The second-order valence-corrected chi connectivity index (χ2v) is 21.8. The number of alkyl halides is 1. The fraction of sp³-hybridized carbons (Fsp3) is 0.694. The average Bonchev–Trinajstić information content (AvgIpc) is 3.99. The highest BCUT2D eigenvalue weighted by molar-refractivity contribution is 8.00. The number of hydrogen-bond acceptors (Lipinski definition) is 17. The number of amides is 4. The maximum Gasteiger partial charge on any atom is 0.330 e. The van der Waals surface area contributed by atoms with Crippen LogP contribution >= 0.6 is 35.1 Å². The van der Waals surface area contributed by atoms with Crippen molar-refractivity contribution in [3.05, 3.63) is 53.8 Å². The third-order valence-corrected chi connectivity index (χ3v) is 15.9. The number of halogens is 1. The molecule has 5 heterocycles. The summed E-state index contributed by atoms with van der Waals surface area (Å²) in [5.41, 5.74) is -0.227. The number of ketones is 1. The first-order valence-corrected chi connectivity index (χ1v) is 27.3. The van der Waals surface area contributed by atoms with Crippen LogP contribution in [-0.4, -0.2) is 187 Å². The van der Waals surface area contributed by atoms with Gasteiger partial charge >= 0.3 is 5.97 Å². The highest BCUT2D eigenvalue weighted by Gasteiger charge is 2.49. The van der Waals surface area contributed by atoms with Crippen molar-refractivity contribution in [3.63, 3.8) is 0 Å². The lowest BCUT2D eigenvalue weighted by atomic mass is 9.86. The zero-order valence-electron chi connectivity index (χ0n) is 41.4. The van der Waals surface area contributed by atoms with Crippen LogP contribution in [0, 0.1) is 17.8 Å². The van der Waals surface area contributed by atoms with Crippen molar-refractivity contribution in [2.45, 2.75) is 144 Å². The molecule has 0 spiro atoms. The molecule has 5 rings (SSSR count). The maximum atomic E-state index is 14.2. The van der Waals surface area contributed by atoms with Crippen molar-refractivity contribution in [3.8, 4) is 0 Å². The number of thioether (sulfide) groups is 2. The van der Waals surface area contributed by atoms with E-state index in [9.17, 15) is 49.2 Å². The molecule has 2 bridgehead atoms. The standard InChI is InChI=1S/C49H73ClN6O13S2/c1-7-30-21-31(46(64)54-40(29(5)50)45-43(62)42(61)44(63)49(69-45)70-6)25-55(24-30)18-16-52-38(60)14-19-71-36-13-17-56-41(36)48(66)68-35(8-2)28(4)11-12-37(59)51-15-9-10-27(3)20-32(57)22-33(58)23-39-53-34(26-67-39)47(56)65/h9-12,20,26,28-32,35-36,40-45,49,57,61-63H,7-8,13-19,21-25H2,1-6H3,(H,51,59)(H,52,60)(H,54,64)/b10-9+,12-11+,27-20+/t28-,29?,30?,31?,32-,35-,36?,40?,41?,42-,43-,44?,45?,49-/m1/s1. The number of oxazole rings is 1. The number of esters is 1. The number of carbonyl (C=O) groups excluding carboxylic acids is 6. The number of allylic oxidation sites excluding steroid dienone is 2. The summed E-state index contributed by atoms with van der Waals surface area (Å²) in [5, 5.41) is 49.8. The lowest BCUT2D eigenvalue weighted by molar-refractivity contribution is -0.205. The number of nitrogens with one attached hydrogen (secondary N) is 3. The van der Waals surface area contributed by atoms with Gasteiger partial charge in [-0.1, -0.05) is 57.1 Å². The monoisotopic (exact) mass is 1050 g/mol. The summed E-state index contributed by atoms with van der Waals surface area (Å²) in [6.07, 6.45) is 5.76. The molecule has 22 heteroatoms. The number of rotatable bonds is 14. The molecule has 0 aliphatic carbocycles. The minimum Gasteiger partial charge on any atom is -0.460 e. The molecule has 4 aliphatic rings.